The van der Waals surface area contributed by atoms with Gasteiger partial charge in [0, 0.05) is 24.7 Å². The number of hydrogen-bond acceptors (Lipinski definition) is 4. The summed E-state index contributed by atoms with van der Waals surface area (Å²) in [5.74, 6) is 0.770. The molecule has 1 saturated heterocycles. The lowest BCUT2D eigenvalue weighted by molar-refractivity contribution is 0.0334. The monoisotopic (exact) mass is 248 g/mol. The standard InChI is InChI=1S/C14H20N2O2/c1-10(17)11-5-4-7-15-13(11)16-8-6-12(18)14(2,3)9-16/h4-5,7,12,18H,6,8-9H2,1-3H3. The van der Waals surface area contributed by atoms with Crippen LogP contribution in [0.5, 0.6) is 0 Å². The Morgan fingerprint density at radius 2 is 2.28 bits per heavy atom. The summed E-state index contributed by atoms with van der Waals surface area (Å²) < 4.78 is 0. The van der Waals surface area contributed by atoms with E-state index in [9.17, 15) is 9.90 Å². The predicted molar refractivity (Wildman–Crippen MR) is 70.9 cm³/mol. The van der Waals surface area contributed by atoms with Crippen molar-refractivity contribution in [1.82, 2.24) is 4.98 Å². The third-order valence-corrected chi connectivity index (χ3v) is 3.64. The van der Waals surface area contributed by atoms with Gasteiger partial charge in [0.25, 0.3) is 0 Å². The number of carbonyl (C=O) groups is 1. The van der Waals surface area contributed by atoms with E-state index >= 15 is 0 Å². The molecule has 0 aliphatic carbocycles. The number of Topliss-reactive ketones (excluding diaryl/α,β-unsaturated/α-hetero) is 1. The Morgan fingerprint density at radius 1 is 1.56 bits per heavy atom. The molecule has 2 rings (SSSR count). The van der Waals surface area contributed by atoms with Gasteiger partial charge in [0.15, 0.2) is 5.78 Å². The quantitative estimate of drug-likeness (QED) is 0.812. The Hall–Kier alpha value is -1.42. The smallest absolute Gasteiger partial charge is 0.163 e. The number of anilines is 1. The molecule has 1 aliphatic heterocycles. The van der Waals surface area contributed by atoms with Gasteiger partial charge in [-0.1, -0.05) is 13.8 Å². The molecule has 4 heteroatoms. The summed E-state index contributed by atoms with van der Waals surface area (Å²) in [4.78, 5) is 18.1. The maximum atomic E-state index is 11.6. The molecule has 0 spiro atoms. The molecule has 1 N–H and O–H groups in total. The van der Waals surface area contributed by atoms with Crippen LogP contribution in [0, 0.1) is 5.41 Å². The molecule has 0 aromatic carbocycles. The molecule has 1 aliphatic rings. The molecule has 98 valence electrons. The summed E-state index contributed by atoms with van der Waals surface area (Å²) in [5, 5.41) is 9.97. The van der Waals surface area contributed by atoms with E-state index in [-0.39, 0.29) is 17.3 Å². The topological polar surface area (TPSA) is 53.4 Å². The van der Waals surface area contributed by atoms with Crippen molar-refractivity contribution in [3.8, 4) is 0 Å². The normalized spacial score (nSPS) is 22.9. The number of hydrogen-bond donors (Lipinski definition) is 1. The molecule has 0 bridgehead atoms. The Labute approximate surface area is 108 Å². The average Bonchev–Trinajstić information content (AvgIpc) is 2.32. The minimum Gasteiger partial charge on any atom is -0.392 e. The number of piperidine rings is 1. The summed E-state index contributed by atoms with van der Waals surface area (Å²) in [5.41, 5.74) is 0.480. The van der Waals surface area contributed by atoms with E-state index < -0.39 is 0 Å². The lowest BCUT2D eigenvalue weighted by atomic mass is 9.81. The van der Waals surface area contributed by atoms with Gasteiger partial charge >= 0.3 is 0 Å². The predicted octanol–water partition coefficient (Wildman–Crippen LogP) is 1.88. The van der Waals surface area contributed by atoms with Gasteiger partial charge in [-0.25, -0.2) is 4.98 Å². The highest BCUT2D eigenvalue weighted by atomic mass is 16.3. The van der Waals surface area contributed by atoms with Crippen LogP contribution in [0.4, 0.5) is 5.82 Å². The van der Waals surface area contributed by atoms with Gasteiger partial charge in [-0.2, -0.15) is 0 Å². The van der Waals surface area contributed by atoms with E-state index in [2.05, 4.69) is 9.88 Å². The van der Waals surface area contributed by atoms with Crippen LogP contribution in [0.2, 0.25) is 0 Å². The maximum Gasteiger partial charge on any atom is 0.163 e. The average molecular weight is 248 g/mol. The van der Waals surface area contributed by atoms with E-state index in [1.54, 1.807) is 19.2 Å². The van der Waals surface area contributed by atoms with Crippen LogP contribution in [0.25, 0.3) is 0 Å². The van der Waals surface area contributed by atoms with Gasteiger partial charge in [-0.3, -0.25) is 4.79 Å². The summed E-state index contributed by atoms with van der Waals surface area (Å²) in [6.07, 6.45) is 2.12. The first-order valence-corrected chi connectivity index (χ1v) is 6.31. The first-order chi connectivity index (χ1) is 8.42. The third kappa shape index (κ3) is 2.38. The largest absolute Gasteiger partial charge is 0.392 e. The second-order valence-electron chi connectivity index (χ2n) is 5.65. The summed E-state index contributed by atoms with van der Waals surface area (Å²) in [6, 6.07) is 3.59. The molecule has 0 radical (unpaired) electrons. The first-order valence-electron chi connectivity index (χ1n) is 6.31. The molecule has 1 aromatic rings. The molecule has 1 fully saturated rings. The van der Waals surface area contributed by atoms with Crippen LogP contribution in [0.1, 0.15) is 37.6 Å². The van der Waals surface area contributed by atoms with Gasteiger partial charge < -0.3 is 10.0 Å². The van der Waals surface area contributed by atoms with E-state index in [1.165, 1.54) is 0 Å². The van der Waals surface area contributed by atoms with Gasteiger partial charge in [0.1, 0.15) is 5.82 Å². The Morgan fingerprint density at radius 3 is 2.89 bits per heavy atom. The zero-order chi connectivity index (χ0) is 13.3. The molecule has 0 saturated carbocycles. The van der Waals surface area contributed by atoms with Crippen molar-refractivity contribution in [3.63, 3.8) is 0 Å². The second-order valence-corrected chi connectivity index (χ2v) is 5.65. The summed E-state index contributed by atoms with van der Waals surface area (Å²) in [6.45, 7) is 7.10. The number of pyridine rings is 1. The number of rotatable bonds is 2. The van der Waals surface area contributed by atoms with Crippen molar-refractivity contribution < 1.29 is 9.90 Å². The molecular weight excluding hydrogens is 228 g/mol. The fourth-order valence-corrected chi connectivity index (χ4v) is 2.45. The second kappa shape index (κ2) is 4.69. The van der Waals surface area contributed by atoms with Gasteiger partial charge in [-0.05, 0) is 25.5 Å². The SMILES string of the molecule is CC(=O)c1cccnc1N1CCC(O)C(C)(C)C1. The Balaban J connectivity index is 2.30. The molecule has 1 atom stereocenters. The van der Waals surface area contributed by atoms with E-state index in [4.69, 9.17) is 0 Å². The summed E-state index contributed by atoms with van der Waals surface area (Å²) in [7, 11) is 0. The Kier molecular flexibility index (Phi) is 3.39. The number of aromatic nitrogens is 1. The van der Waals surface area contributed by atoms with E-state index in [0.717, 1.165) is 12.4 Å². The fraction of sp³-hybridized carbons (Fsp3) is 0.571. The van der Waals surface area contributed by atoms with Gasteiger partial charge in [0.05, 0.1) is 11.7 Å². The number of aliphatic hydroxyl groups is 1. The highest BCUT2D eigenvalue weighted by molar-refractivity contribution is 5.98. The van der Waals surface area contributed by atoms with Crippen LogP contribution < -0.4 is 4.90 Å². The highest BCUT2D eigenvalue weighted by Gasteiger charge is 2.35. The van der Waals surface area contributed by atoms with Crippen molar-refractivity contribution in [3.05, 3.63) is 23.9 Å². The maximum absolute atomic E-state index is 11.6. The van der Waals surface area contributed by atoms with E-state index in [0.29, 0.717) is 18.5 Å². The molecule has 1 unspecified atom stereocenters. The van der Waals surface area contributed by atoms with Crippen LogP contribution in [0.3, 0.4) is 0 Å². The highest BCUT2D eigenvalue weighted by Crippen LogP contribution is 2.32. The number of ketones is 1. The zero-order valence-corrected chi connectivity index (χ0v) is 11.2. The lowest BCUT2D eigenvalue weighted by Crippen LogP contribution is -2.49. The van der Waals surface area contributed by atoms with Crippen molar-refractivity contribution in [2.24, 2.45) is 5.41 Å². The number of carbonyl (C=O) groups excluding carboxylic acids is 1. The molecule has 4 nitrogen and oxygen atoms in total. The minimum atomic E-state index is -0.293. The third-order valence-electron chi connectivity index (χ3n) is 3.64. The van der Waals surface area contributed by atoms with Crippen molar-refractivity contribution >= 4 is 11.6 Å². The minimum absolute atomic E-state index is 0.0297. The van der Waals surface area contributed by atoms with Crippen LogP contribution >= 0.6 is 0 Å². The Bertz CT molecular complexity index is 457. The lowest BCUT2D eigenvalue weighted by Gasteiger charge is -2.42. The van der Waals surface area contributed by atoms with Crippen LogP contribution in [-0.4, -0.2) is 35.1 Å². The van der Waals surface area contributed by atoms with Crippen molar-refractivity contribution in [1.29, 1.82) is 0 Å². The van der Waals surface area contributed by atoms with Crippen LogP contribution in [0.15, 0.2) is 18.3 Å². The molecule has 2 heterocycles. The number of aliphatic hydroxyl groups excluding tert-OH is 1. The number of nitrogens with zero attached hydrogens (tertiary/aromatic N) is 2. The van der Waals surface area contributed by atoms with Gasteiger partial charge in [0.2, 0.25) is 0 Å². The fourth-order valence-electron chi connectivity index (χ4n) is 2.45. The van der Waals surface area contributed by atoms with Gasteiger partial charge in [-0.15, -0.1) is 0 Å². The van der Waals surface area contributed by atoms with E-state index in [1.807, 2.05) is 19.9 Å². The molecular formula is C14H20N2O2. The zero-order valence-electron chi connectivity index (χ0n) is 11.2. The van der Waals surface area contributed by atoms with Crippen molar-refractivity contribution in [2.45, 2.75) is 33.3 Å². The van der Waals surface area contributed by atoms with Crippen LogP contribution in [-0.2, 0) is 0 Å². The van der Waals surface area contributed by atoms with Crippen molar-refractivity contribution in [2.75, 3.05) is 18.0 Å². The summed E-state index contributed by atoms with van der Waals surface area (Å²) >= 11 is 0. The molecule has 18 heavy (non-hydrogen) atoms. The molecule has 0 amide bonds. The molecule has 1 aromatic heterocycles. The first kappa shape index (κ1) is 13.0.